The van der Waals surface area contributed by atoms with Gasteiger partial charge in [-0.05, 0) is 81.4 Å². The number of carbonyl (C=O) groups excluding carboxylic acids is 4. The second kappa shape index (κ2) is 15.4. The molecule has 3 saturated carbocycles. The van der Waals surface area contributed by atoms with Crippen molar-refractivity contribution in [3.63, 3.8) is 0 Å². The van der Waals surface area contributed by atoms with Gasteiger partial charge in [0.2, 0.25) is 27.7 Å². The molecule has 0 spiro atoms. The van der Waals surface area contributed by atoms with Crippen molar-refractivity contribution in [2.75, 3.05) is 26.4 Å². The molecule has 16 heteroatoms. The van der Waals surface area contributed by atoms with Crippen LogP contribution in [0.5, 0.6) is 17.4 Å². The van der Waals surface area contributed by atoms with Gasteiger partial charge < -0.3 is 34.5 Å². The summed E-state index contributed by atoms with van der Waals surface area (Å²) in [5.41, 5.74) is -1.53. The van der Waals surface area contributed by atoms with Crippen molar-refractivity contribution in [1.82, 2.24) is 25.2 Å². The fourth-order valence-electron chi connectivity index (χ4n) is 8.19. The number of alkyl carbamates (subject to hydrolysis) is 1. The van der Waals surface area contributed by atoms with Crippen LogP contribution in [0, 0.1) is 23.2 Å². The van der Waals surface area contributed by atoms with Crippen molar-refractivity contribution in [2.24, 2.45) is 23.2 Å². The van der Waals surface area contributed by atoms with Gasteiger partial charge in [0, 0.05) is 28.8 Å². The molecular weight excluding hydrogens is 755 g/mol. The number of pyridine rings is 1. The SMILES string of the molecule is CCC[C@H](C)C[C@@H](C)[C@H](NC(=O)OCC1(C)CC1)C(=O)N1C[C@H](Oc2nccc3c4c(ccc23)OCCO4)C[C@H]1C(=O)N[C@]1(C(=O)NS(=O)(=O)C2(C)CC2)C[C@H]1C. The highest BCUT2D eigenvalue weighted by Crippen LogP contribution is 2.47. The van der Waals surface area contributed by atoms with Crippen LogP contribution in [0.4, 0.5) is 4.79 Å². The first kappa shape index (κ1) is 40.8. The molecule has 3 aliphatic carbocycles. The number of aromatic nitrogens is 1. The van der Waals surface area contributed by atoms with Gasteiger partial charge >= 0.3 is 6.09 Å². The number of benzene rings is 1. The number of nitrogens with one attached hydrogen (secondary N) is 3. The molecule has 4 amide bonds. The predicted molar refractivity (Wildman–Crippen MR) is 210 cm³/mol. The molecular formula is C41H57N5O10S. The molecule has 312 valence electrons. The molecule has 15 nitrogen and oxygen atoms in total. The lowest BCUT2D eigenvalue weighted by Gasteiger charge is -2.33. The molecule has 0 bridgehead atoms. The van der Waals surface area contributed by atoms with Crippen molar-refractivity contribution < 1.29 is 46.5 Å². The second-order valence-electron chi connectivity index (χ2n) is 17.8. The molecule has 0 radical (unpaired) electrons. The summed E-state index contributed by atoms with van der Waals surface area (Å²) in [6, 6.07) is 3.27. The van der Waals surface area contributed by atoms with E-state index in [0.717, 1.165) is 31.1 Å². The Morgan fingerprint density at radius 3 is 2.42 bits per heavy atom. The Bertz CT molecular complexity index is 2020. The van der Waals surface area contributed by atoms with Crippen molar-refractivity contribution in [1.29, 1.82) is 0 Å². The Morgan fingerprint density at radius 2 is 1.75 bits per heavy atom. The van der Waals surface area contributed by atoms with Gasteiger partial charge in [-0.1, -0.05) is 47.5 Å². The van der Waals surface area contributed by atoms with Gasteiger partial charge in [0.15, 0.2) is 11.5 Å². The third-order valence-electron chi connectivity index (χ3n) is 12.7. The molecule has 2 aliphatic heterocycles. The first-order valence-electron chi connectivity index (χ1n) is 20.4. The van der Waals surface area contributed by atoms with Crippen LogP contribution in [-0.4, -0.2) is 97.0 Å². The number of likely N-dealkylation sites (tertiary alicyclic amines) is 1. The first-order chi connectivity index (χ1) is 27.0. The van der Waals surface area contributed by atoms with Crippen LogP contribution < -0.4 is 29.6 Å². The first-order valence-corrected chi connectivity index (χ1v) is 21.9. The minimum atomic E-state index is -3.97. The number of rotatable bonds is 16. The van der Waals surface area contributed by atoms with Gasteiger partial charge in [0.1, 0.15) is 36.9 Å². The Morgan fingerprint density at radius 1 is 1.04 bits per heavy atom. The van der Waals surface area contributed by atoms with Crippen molar-refractivity contribution in [2.45, 2.75) is 128 Å². The summed E-state index contributed by atoms with van der Waals surface area (Å²) in [7, 11) is -3.97. The van der Waals surface area contributed by atoms with E-state index in [1.807, 2.05) is 19.9 Å². The maximum atomic E-state index is 14.9. The van der Waals surface area contributed by atoms with Crippen LogP contribution in [0.2, 0.25) is 0 Å². The maximum absolute atomic E-state index is 14.9. The van der Waals surface area contributed by atoms with Crippen LogP contribution in [0.25, 0.3) is 10.8 Å². The minimum absolute atomic E-state index is 0.0243. The van der Waals surface area contributed by atoms with E-state index in [1.54, 1.807) is 32.2 Å². The summed E-state index contributed by atoms with van der Waals surface area (Å²) in [5.74, 6) is -0.842. The summed E-state index contributed by atoms with van der Waals surface area (Å²) in [6.45, 7) is 12.6. The number of fused-ring (bicyclic) bond motifs is 3. The number of hydrogen-bond donors (Lipinski definition) is 3. The lowest BCUT2D eigenvalue weighted by Crippen LogP contribution is -2.59. The summed E-state index contributed by atoms with van der Waals surface area (Å²) < 4.78 is 51.1. The van der Waals surface area contributed by atoms with Gasteiger partial charge in [-0.3, -0.25) is 19.1 Å². The van der Waals surface area contributed by atoms with E-state index in [2.05, 4.69) is 34.2 Å². The van der Waals surface area contributed by atoms with E-state index in [0.29, 0.717) is 49.4 Å². The fraction of sp³-hybridized carbons (Fsp3) is 0.683. The van der Waals surface area contributed by atoms with E-state index in [1.165, 1.54) is 4.90 Å². The topological polar surface area (TPSA) is 192 Å². The molecule has 3 heterocycles. The molecule has 3 N–H and O–H groups in total. The van der Waals surface area contributed by atoms with E-state index < -0.39 is 62.3 Å². The van der Waals surface area contributed by atoms with Crippen LogP contribution in [-0.2, 0) is 29.1 Å². The summed E-state index contributed by atoms with van der Waals surface area (Å²) in [5, 5.41) is 7.12. The number of carbonyl (C=O) groups is 4. The number of ether oxygens (including phenoxy) is 4. The number of sulfonamides is 1. The average Bonchev–Trinajstić information content (AvgIpc) is 4.14. The highest BCUT2D eigenvalue weighted by atomic mass is 32.2. The Labute approximate surface area is 334 Å². The number of hydrogen-bond acceptors (Lipinski definition) is 11. The van der Waals surface area contributed by atoms with Crippen LogP contribution in [0.1, 0.15) is 99.3 Å². The molecule has 5 aliphatic rings. The molecule has 1 saturated heterocycles. The zero-order valence-corrected chi connectivity index (χ0v) is 34.7. The summed E-state index contributed by atoms with van der Waals surface area (Å²) in [4.78, 5) is 62.2. The molecule has 0 unspecified atom stereocenters. The zero-order valence-electron chi connectivity index (χ0n) is 33.9. The molecule has 1 aromatic carbocycles. The fourth-order valence-corrected chi connectivity index (χ4v) is 9.51. The van der Waals surface area contributed by atoms with Crippen LogP contribution in [0.15, 0.2) is 24.4 Å². The molecule has 7 atom stereocenters. The zero-order chi connectivity index (χ0) is 40.9. The summed E-state index contributed by atoms with van der Waals surface area (Å²) >= 11 is 0. The lowest BCUT2D eigenvalue weighted by atomic mass is 9.88. The minimum Gasteiger partial charge on any atom is -0.486 e. The molecule has 2 aromatic rings. The van der Waals surface area contributed by atoms with E-state index in [-0.39, 0.29) is 55.0 Å². The monoisotopic (exact) mass is 811 g/mol. The molecule has 4 fully saturated rings. The predicted octanol–water partition coefficient (Wildman–Crippen LogP) is 4.60. The Kier molecular flexibility index (Phi) is 11.1. The molecule has 7 rings (SSSR count). The quantitative estimate of drug-likeness (QED) is 0.215. The lowest BCUT2D eigenvalue weighted by molar-refractivity contribution is -0.142. The Hall–Kier alpha value is -4.34. The third kappa shape index (κ3) is 8.47. The normalized spacial score (nSPS) is 26.7. The molecule has 1 aromatic heterocycles. The highest BCUT2D eigenvalue weighted by molar-refractivity contribution is 7.91. The van der Waals surface area contributed by atoms with Gasteiger partial charge in [-0.25, -0.2) is 18.2 Å². The van der Waals surface area contributed by atoms with Crippen LogP contribution >= 0.6 is 0 Å². The summed E-state index contributed by atoms with van der Waals surface area (Å²) in [6.07, 6.45) is 5.78. The maximum Gasteiger partial charge on any atom is 0.407 e. The van der Waals surface area contributed by atoms with Crippen molar-refractivity contribution in [3.8, 4) is 17.4 Å². The van der Waals surface area contributed by atoms with Crippen molar-refractivity contribution in [3.05, 3.63) is 24.4 Å². The number of amides is 4. The Balaban J connectivity index is 1.16. The van der Waals surface area contributed by atoms with Crippen molar-refractivity contribution >= 4 is 44.6 Å². The van der Waals surface area contributed by atoms with Crippen LogP contribution in [0.3, 0.4) is 0 Å². The number of nitrogens with zero attached hydrogens (tertiary/aromatic N) is 2. The van der Waals surface area contributed by atoms with Gasteiger partial charge in [-0.15, -0.1) is 0 Å². The van der Waals surface area contributed by atoms with E-state index in [9.17, 15) is 27.6 Å². The van der Waals surface area contributed by atoms with E-state index in [4.69, 9.17) is 18.9 Å². The second-order valence-corrected chi connectivity index (χ2v) is 20.0. The standard InChI is InChI=1S/C41H57N5O10S/c1-7-8-24(2)19-25(3)32(43-38(50)55-23-39(5)12-13-39)36(48)46-22-27(56-35-29-9-10-31-33(54-18-17-53-31)28(29)11-16-42-35)20-30(46)34(47)44-41(21-26(41)4)37(49)45-57(51,52)40(6)14-15-40/h9-11,16,24-27,30,32H,7-8,12-15,17-23H2,1-6H3,(H,43,50)(H,44,47)(H,45,49)/t24-,25+,26+,27+,30-,32-,41+/m0/s1. The smallest absolute Gasteiger partial charge is 0.407 e. The highest BCUT2D eigenvalue weighted by Gasteiger charge is 2.62. The van der Waals surface area contributed by atoms with Gasteiger partial charge in [0.25, 0.3) is 5.91 Å². The van der Waals surface area contributed by atoms with Gasteiger partial charge in [0.05, 0.1) is 17.9 Å². The third-order valence-corrected chi connectivity index (χ3v) is 14.9. The van der Waals surface area contributed by atoms with E-state index >= 15 is 0 Å². The van der Waals surface area contributed by atoms with Gasteiger partial charge in [-0.2, -0.15) is 0 Å². The molecule has 57 heavy (non-hydrogen) atoms. The average molecular weight is 812 g/mol. The largest absolute Gasteiger partial charge is 0.486 e.